The predicted molar refractivity (Wildman–Crippen MR) is 84.7 cm³/mol. The number of imidazole rings is 1. The van der Waals surface area contributed by atoms with Crippen LogP contribution in [0.5, 0.6) is 0 Å². The van der Waals surface area contributed by atoms with Crippen LogP contribution in [-0.2, 0) is 6.54 Å². The van der Waals surface area contributed by atoms with Gasteiger partial charge < -0.3 is 9.88 Å². The Hall–Kier alpha value is -1.61. The molecule has 108 valence electrons. The molecule has 0 aliphatic carbocycles. The highest BCUT2D eigenvalue weighted by atomic mass is 15.1. The van der Waals surface area contributed by atoms with Crippen molar-refractivity contribution in [3.8, 4) is 11.4 Å². The second kappa shape index (κ2) is 7.25. The van der Waals surface area contributed by atoms with Crippen molar-refractivity contribution in [3.63, 3.8) is 0 Å². The minimum atomic E-state index is 0.402. The largest absolute Gasteiger partial charge is 0.331 e. The minimum Gasteiger partial charge on any atom is -0.331 e. The molecule has 20 heavy (non-hydrogen) atoms. The van der Waals surface area contributed by atoms with Gasteiger partial charge in [-0.2, -0.15) is 0 Å². The number of aromatic nitrogens is 2. The Balaban J connectivity index is 2.13. The smallest absolute Gasteiger partial charge is 0.139 e. The van der Waals surface area contributed by atoms with Crippen molar-refractivity contribution in [1.29, 1.82) is 0 Å². The van der Waals surface area contributed by atoms with Gasteiger partial charge in [-0.1, -0.05) is 38.1 Å². The molecule has 1 atom stereocenters. The molecule has 2 aromatic rings. The number of rotatable bonds is 7. The van der Waals surface area contributed by atoms with Gasteiger partial charge in [0.25, 0.3) is 0 Å². The first-order valence-electron chi connectivity index (χ1n) is 7.61. The second-order valence-electron chi connectivity index (χ2n) is 5.24. The van der Waals surface area contributed by atoms with Gasteiger partial charge in [-0.15, -0.1) is 0 Å². The van der Waals surface area contributed by atoms with Gasteiger partial charge in [0, 0.05) is 30.5 Å². The molecule has 1 unspecified atom stereocenters. The first-order valence-corrected chi connectivity index (χ1v) is 7.61. The molecule has 0 aliphatic heterocycles. The average Bonchev–Trinajstić information content (AvgIpc) is 2.93. The lowest BCUT2D eigenvalue weighted by Gasteiger charge is -2.14. The van der Waals surface area contributed by atoms with Crippen molar-refractivity contribution in [1.82, 2.24) is 14.9 Å². The Bertz CT molecular complexity index is 513. The number of nitrogens with one attached hydrogen (secondary N) is 1. The van der Waals surface area contributed by atoms with Crippen molar-refractivity contribution in [3.05, 3.63) is 42.2 Å². The standard InChI is InChI=1S/C17H25N3/c1-4-10-18-14(3)15-6-8-16(9-7-15)17-19-11-13-20(17)12-5-2/h6-9,11,13-14,18H,4-5,10,12H2,1-3H3. The maximum atomic E-state index is 4.48. The maximum absolute atomic E-state index is 4.48. The van der Waals surface area contributed by atoms with E-state index in [0.29, 0.717) is 6.04 Å². The van der Waals surface area contributed by atoms with Crippen LogP contribution in [0, 0.1) is 0 Å². The number of benzene rings is 1. The third-order valence-corrected chi connectivity index (χ3v) is 3.55. The molecule has 0 spiro atoms. The molecule has 0 amide bonds. The van der Waals surface area contributed by atoms with E-state index in [-0.39, 0.29) is 0 Å². The van der Waals surface area contributed by atoms with E-state index in [1.807, 2.05) is 6.20 Å². The molecule has 1 aromatic heterocycles. The van der Waals surface area contributed by atoms with Gasteiger partial charge in [0.15, 0.2) is 0 Å². The van der Waals surface area contributed by atoms with Crippen molar-refractivity contribution in [2.24, 2.45) is 0 Å². The maximum Gasteiger partial charge on any atom is 0.139 e. The Kier molecular flexibility index (Phi) is 5.36. The van der Waals surface area contributed by atoms with Crippen LogP contribution in [-0.4, -0.2) is 16.1 Å². The van der Waals surface area contributed by atoms with Gasteiger partial charge in [-0.3, -0.25) is 0 Å². The van der Waals surface area contributed by atoms with Crippen LogP contribution in [0.4, 0.5) is 0 Å². The summed E-state index contributed by atoms with van der Waals surface area (Å²) in [5.74, 6) is 1.06. The summed E-state index contributed by atoms with van der Waals surface area (Å²) in [6.07, 6.45) is 6.22. The predicted octanol–water partition coefficient (Wildman–Crippen LogP) is 4.02. The fourth-order valence-electron chi connectivity index (χ4n) is 2.39. The number of hydrogen-bond acceptors (Lipinski definition) is 2. The Labute approximate surface area is 122 Å². The first-order chi connectivity index (χ1) is 9.76. The van der Waals surface area contributed by atoms with Gasteiger partial charge in [0.1, 0.15) is 5.82 Å². The third-order valence-electron chi connectivity index (χ3n) is 3.55. The van der Waals surface area contributed by atoms with E-state index in [2.05, 4.69) is 66.1 Å². The van der Waals surface area contributed by atoms with E-state index in [9.17, 15) is 0 Å². The summed E-state index contributed by atoms with van der Waals surface area (Å²) in [5, 5.41) is 3.51. The van der Waals surface area contributed by atoms with E-state index < -0.39 is 0 Å². The minimum absolute atomic E-state index is 0.402. The lowest BCUT2D eigenvalue weighted by atomic mass is 10.1. The zero-order valence-corrected chi connectivity index (χ0v) is 12.8. The number of aryl methyl sites for hydroxylation is 1. The molecule has 0 fully saturated rings. The van der Waals surface area contributed by atoms with Crippen LogP contribution in [0.2, 0.25) is 0 Å². The summed E-state index contributed by atoms with van der Waals surface area (Å²) in [4.78, 5) is 4.48. The molecule has 0 bridgehead atoms. The lowest BCUT2D eigenvalue weighted by Crippen LogP contribution is -2.19. The van der Waals surface area contributed by atoms with E-state index in [1.54, 1.807) is 0 Å². The molecule has 3 nitrogen and oxygen atoms in total. The van der Waals surface area contributed by atoms with Crippen molar-refractivity contribution >= 4 is 0 Å². The van der Waals surface area contributed by atoms with Crippen molar-refractivity contribution in [2.75, 3.05) is 6.54 Å². The monoisotopic (exact) mass is 271 g/mol. The lowest BCUT2D eigenvalue weighted by molar-refractivity contribution is 0.571. The van der Waals surface area contributed by atoms with Crippen LogP contribution in [0.3, 0.4) is 0 Å². The molecular formula is C17H25N3. The van der Waals surface area contributed by atoms with Crippen molar-refractivity contribution in [2.45, 2.75) is 46.2 Å². The summed E-state index contributed by atoms with van der Waals surface area (Å²) in [7, 11) is 0. The highest BCUT2D eigenvalue weighted by Crippen LogP contribution is 2.21. The summed E-state index contributed by atoms with van der Waals surface area (Å²) >= 11 is 0. The zero-order chi connectivity index (χ0) is 14.4. The van der Waals surface area contributed by atoms with E-state index in [1.165, 1.54) is 11.1 Å². The highest BCUT2D eigenvalue weighted by molar-refractivity contribution is 5.56. The molecule has 1 heterocycles. The second-order valence-corrected chi connectivity index (χ2v) is 5.24. The third kappa shape index (κ3) is 3.48. The highest BCUT2D eigenvalue weighted by Gasteiger charge is 2.07. The zero-order valence-electron chi connectivity index (χ0n) is 12.8. The SMILES string of the molecule is CCCNC(C)c1ccc(-c2nccn2CCC)cc1. The molecule has 2 rings (SSSR count). The Morgan fingerprint density at radius 1 is 1.15 bits per heavy atom. The van der Waals surface area contributed by atoms with Gasteiger partial charge in [0.2, 0.25) is 0 Å². The van der Waals surface area contributed by atoms with Gasteiger partial charge >= 0.3 is 0 Å². The number of hydrogen-bond donors (Lipinski definition) is 1. The molecule has 1 aromatic carbocycles. The van der Waals surface area contributed by atoms with Crippen LogP contribution in [0.25, 0.3) is 11.4 Å². The molecular weight excluding hydrogens is 246 g/mol. The van der Waals surface area contributed by atoms with Gasteiger partial charge in [0.05, 0.1) is 0 Å². The van der Waals surface area contributed by atoms with E-state index in [0.717, 1.165) is 31.8 Å². The van der Waals surface area contributed by atoms with Gasteiger partial charge in [-0.25, -0.2) is 4.98 Å². The summed E-state index contributed by atoms with van der Waals surface area (Å²) in [6.45, 7) is 8.67. The fourth-order valence-corrected chi connectivity index (χ4v) is 2.39. The van der Waals surface area contributed by atoms with Crippen LogP contribution < -0.4 is 5.32 Å². The quantitative estimate of drug-likeness (QED) is 0.824. The number of nitrogens with zero attached hydrogens (tertiary/aromatic N) is 2. The van der Waals surface area contributed by atoms with Crippen LogP contribution in [0.15, 0.2) is 36.7 Å². The average molecular weight is 271 g/mol. The normalized spacial score (nSPS) is 12.6. The Morgan fingerprint density at radius 2 is 1.90 bits per heavy atom. The molecule has 3 heteroatoms. The summed E-state index contributed by atoms with van der Waals surface area (Å²) in [6, 6.07) is 9.16. The van der Waals surface area contributed by atoms with Crippen LogP contribution >= 0.6 is 0 Å². The summed E-state index contributed by atoms with van der Waals surface area (Å²) in [5.41, 5.74) is 2.52. The Morgan fingerprint density at radius 3 is 2.55 bits per heavy atom. The van der Waals surface area contributed by atoms with E-state index in [4.69, 9.17) is 0 Å². The molecule has 0 saturated heterocycles. The first kappa shape index (κ1) is 14.8. The molecule has 0 aliphatic rings. The molecule has 0 saturated carbocycles. The molecule has 1 N–H and O–H groups in total. The van der Waals surface area contributed by atoms with E-state index >= 15 is 0 Å². The van der Waals surface area contributed by atoms with Crippen LogP contribution in [0.1, 0.15) is 45.2 Å². The molecule has 0 radical (unpaired) electrons. The summed E-state index contributed by atoms with van der Waals surface area (Å²) < 4.78 is 2.22. The van der Waals surface area contributed by atoms with Crippen molar-refractivity contribution < 1.29 is 0 Å². The topological polar surface area (TPSA) is 29.9 Å². The van der Waals surface area contributed by atoms with Gasteiger partial charge in [-0.05, 0) is 31.9 Å². The fraction of sp³-hybridized carbons (Fsp3) is 0.471.